The lowest BCUT2D eigenvalue weighted by Gasteiger charge is -2.49. The third-order valence-corrected chi connectivity index (χ3v) is 6.56. The molecule has 2 aliphatic rings. The molecule has 28 heavy (non-hydrogen) atoms. The lowest BCUT2D eigenvalue weighted by molar-refractivity contribution is -0.151. The average molecular weight is 425 g/mol. The Labute approximate surface area is 169 Å². The number of amides is 2. The monoisotopic (exact) mass is 424 g/mol. The van der Waals surface area contributed by atoms with Crippen molar-refractivity contribution in [1.29, 1.82) is 0 Å². The number of aliphatic carboxylic acids is 1. The zero-order chi connectivity index (χ0) is 20.3. The highest BCUT2D eigenvalue weighted by molar-refractivity contribution is 8.00. The molecule has 1 aromatic heterocycles. The lowest BCUT2D eigenvalue weighted by atomic mass is 10.0. The van der Waals surface area contributed by atoms with E-state index in [4.69, 9.17) is 4.74 Å². The normalized spacial score (nSPS) is 21.0. The predicted molar refractivity (Wildman–Crippen MR) is 104 cm³/mol. The number of hydrogen-bond donors (Lipinski definition) is 2. The van der Waals surface area contributed by atoms with Crippen molar-refractivity contribution in [3.05, 3.63) is 33.7 Å². The van der Waals surface area contributed by atoms with Crippen molar-refractivity contribution in [2.45, 2.75) is 37.6 Å². The largest absolute Gasteiger partial charge is 0.477 e. The maximum Gasteiger partial charge on any atom is 0.352 e. The number of fused-ring (bicyclic) bond motifs is 1. The molecule has 0 radical (unpaired) electrons. The van der Waals surface area contributed by atoms with E-state index in [9.17, 15) is 24.3 Å². The van der Waals surface area contributed by atoms with Gasteiger partial charge in [0.25, 0.3) is 5.91 Å². The van der Waals surface area contributed by atoms with Crippen LogP contribution in [-0.4, -0.2) is 57.5 Å². The highest BCUT2D eigenvalue weighted by Crippen LogP contribution is 2.40. The van der Waals surface area contributed by atoms with Crippen LogP contribution in [-0.2, 0) is 30.3 Å². The van der Waals surface area contributed by atoms with E-state index in [0.29, 0.717) is 17.7 Å². The molecular formula is C18H20N2O6S2. The van der Waals surface area contributed by atoms with Crippen LogP contribution in [0.15, 0.2) is 28.8 Å². The molecule has 0 saturated carbocycles. The van der Waals surface area contributed by atoms with Gasteiger partial charge < -0.3 is 15.2 Å². The summed E-state index contributed by atoms with van der Waals surface area (Å²) in [4.78, 5) is 50.1. The van der Waals surface area contributed by atoms with Crippen molar-refractivity contribution >= 4 is 46.9 Å². The van der Waals surface area contributed by atoms with Crippen LogP contribution >= 0.6 is 23.1 Å². The number of hydrogen-bond acceptors (Lipinski definition) is 7. The number of nitrogens with zero attached hydrogens (tertiary/aromatic N) is 1. The van der Waals surface area contributed by atoms with Crippen LogP contribution in [0.25, 0.3) is 0 Å². The minimum Gasteiger partial charge on any atom is -0.477 e. The zero-order valence-electron chi connectivity index (χ0n) is 15.2. The second-order valence-electron chi connectivity index (χ2n) is 6.38. The van der Waals surface area contributed by atoms with Crippen molar-refractivity contribution in [1.82, 2.24) is 10.2 Å². The average Bonchev–Trinajstić information content (AvgIpc) is 3.16. The van der Waals surface area contributed by atoms with E-state index in [-0.39, 0.29) is 31.1 Å². The molecule has 2 N–H and O–H groups in total. The minimum absolute atomic E-state index is 0.151. The third kappa shape index (κ3) is 4.22. The van der Waals surface area contributed by atoms with Gasteiger partial charge in [-0.25, -0.2) is 4.79 Å². The summed E-state index contributed by atoms with van der Waals surface area (Å²) in [6.45, 7) is 1.69. The highest BCUT2D eigenvalue weighted by Gasteiger charge is 2.54. The van der Waals surface area contributed by atoms with Gasteiger partial charge in [0.1, 0.15) is 23.7 Å². The van der Waals surface area contributed by atoms with Gasteiger partial charge in [-0.3, -0.25) is 19.3 Å². The second-order valence-corrected chi connectivity index (χ2v) is 8.52. The van der Waals surface area contributed by atoms with Crippen molar-refractivity contribution in [3.63, 3.8) is 0 Å². The van der Waals surface area contributed by atoms with Gasteiger partial charge in [-0.05, 0) is 17.9 Å². The van der Waals surface area contributed by atoms with E-state index in [1.165, 1.54) is 28.0 Å². The summed E-state index contributed by atoms with van der Waals surface area (Å²) in [6.07, 6.45) is 1.07. The Morgan fingerprint density at radius 1 is 1.39 bits per heavy atom. The van der Waals surface area contributed by atoms with Gasteiger partial charge in [-0.2, -0.15) is 0 Å². The molecule has 0 bridgehead atoms. The number of carboxylic acid groups (broad SMARTS) is 1. The van der Waals surface area contributed by atoms with Gasteiger partial charge in [-0.15, -0.1) is 23.1 Å². The van der Waals surface area contributed by atoms with E-state index in [1.807, 2.05) is 24.4 Å². The van der Waals surface area contributed by atoms with E-state index >= 15 is 0 Å². The van der Waals surface area contributed by atoms with Gasteiger partial charge >= 0.3 is 11.9 Å². The Morgan fingerprint density at radius 2 is 2.18 bits per heavy atom. The summed E-state index contributed by atoms with van der Waals surface area (Å²) >= 11 is 2.80. The molecule has 150 valence electrons. The van der Waals surface area contributed by atoms with Crippen LogP contribution < -0.4 is 5.32 Å². The van der Waals surface area contributed by atoms with Crippen molar-refractivity contribution in [2.24, 2.45) is 0 Å². The number of carbonyl (C=O) groups excluding carboxylic acids is 3. The van der Waals surface area contributed by atoms with Crippen LogP contribution in [0.5, 0.6) is 0 Å². The predicted octanol–water partition coefficient (Wildman–Crippen LogP) is 1.37. The molecule has 8 nitrogen and oxygen atoms in total. The highest BCUT2D eigenvalue weighted by atomic mass is 32.2. The Morgan fingerprint density at radius 3 is 2.82 bits per heavy atom. The fourth-order valence-corrected chi connectivity index (χ4v) is 5.06. The maximum atomic E-state index is 12.5. The van der Waals surface area contributed by atoms with E-state index in [2.05, 4.69) is 5.32 Å². The van der Waals surface area contributed by atoms with Crippen molar-refractivity contribution in [2.75, 3.05) is 12.4 Å². The number of ether oxygens (including phenoxy) is 1. The van der Waals surface area contributed by atoms with Crippen LogP contribution in [0.1, 0.15) is 24.6 Å². The molecule has 0 aromatic carbocycles. The van der Waals surface area contributed by atoms with Gasteiger partial charge in [-0.1, -0.05) is 13.0 Å². The molecule has 0 aliphatic carbocycles. The molecule has 10 heteroatoms. The Hall–Kier alpha value is -2.33. The van der Waals surface area contributed by atoms with Gasteiger partial charge in [0.2, 0.25) is 5.91 Å². The van der Waals surface area contributed by atoms with Gasteiger partial charge in [0.05, 0.1) is 6.42 Å². The first-order chi connectivity index (χ1) is 13.4. The number of nitrogens with one attached hydrogen (secondary N) is 1. The first-order valence-electron chi connectivity index (χ1n) is 8.79. The Balaban J connectivity index is 1.66. The van der Waals surface area contributed by atoms with Crippen molar-refractivity contribution in [3.8, 4) is 0 Å². The standard InChI is InChI=1S/C18H20N2O6S2/c1-2-4-13(22)26-8-10-9-28-17-14(16(23)20(17)15(10)18(24)25)19-12(21)7-11-5-3-6-27-11/h3,5-6,14,17H,2,4,7-9H2,1H3,(H,19,21)(H,24,25). The molecule has 2 atom stereocenters. The van der Waals surface area contributed by atoms with Crippen LogP contribution in [0.2, 0.25) is 0 Å². The third-order valence-electron chi connectivity index (χ3n) is 4.34. The number of carbonyl (C=O) groups is 4. The fraction of sp³-hybridized carbons (Fsp3) is 0.444. The number of rotatable bonds is 8. The molecule has 2 amide bonds. The first kappa shape index (κ1) is 20.4. The number of thioether (sulfide) groups is 1. The van der Waals surface area contributed by atoms with Gasteiger partial charge in [0.15, 0.2) is 0 Å². The van der Waals surface area contributed by atoms with Crippen LogP contribution in [0.4, 0.5) is 0 Å². The molecule has 3 rings (SSSR count). The topological polar surface area (TPSA) is 113 Å². The molecular weight excluding hydrogens is 404 g/mol. The summed E-state index contributed by atoms with van der Waals surface area (Å²) < 4.78 is 5.12. The zero-order valence-corrected chi connectivity index (χ0v) is 16.8. The molecule has 1 aromatic rings. The van der Waals surface area contributed by atoms with Crippen LogP contribution in [0.3, 0.4) is 0 Å². The molecule has 0 spiro atoms. The maximum absolute atomic E-state index is 12.5. The van der Waals surface area contributed by atoms with E-state index in [0.717, 1.165) is 4.88 Å². The molecule has 2 aliphatic heterocycles. The Bertz CT molecular complexity index is 820. The van der Waals surface area contributed by atoms with Crippen LogP contribution in [0, 0.1) is 0 Å². The smallest absolute Gasteiger partial charge is 0.352 e. The summed E-state index contributed by atoms with van der Waals surface area (Å²) in [7, 11) is 0. The molecule has 3 heterocycles. The Kier molecular flexibility index (Phi) is 6.40. The lowest BCUT2D eigenvalue weighted by Crippen LogP contribution is -2.70. The van der Waals surface area contributed by atoms with E-state index in [1.54, 1.807) is 0 Å². The summed E-state index contributed by atoms with van der Waals surface area (Å²) in [5.41, 5.74) is 0.233. The summed E-state index contributed by atoms with van der Waals surface area (Å²) in [6, 6.07) is 2.93. The summed E-state index contributed by atoms with van der Waals surface area (Å²) in [5.74, 6) is -2.08. The second kappa shape index (κ2) is 8.78. The molecule has 2 unspecified atom stereocenters. The number of β-lactam (4-membered cyclic amide) rings is 1. The number of thiophene rings is 1. The fourth-order valence-electron chi connectivity index (χ4n) is 3.03. The molecule has 1 saturated heterocycles. The SMILES string of the molecule is CCCC(=O)OCC1=C(C(=O)O)N2C(=O)C(NC(=O)Cc3cccs3)C2SC1. The first-order valence-corrected chi connectivity index (χ1v) is 10.7. The summed E-state index contributed by atoms with van der Waals surface area (Å²) in [5, 5.41) is 13.7. The van der Waals surface area contributed by atoms with E-state index < -0.39 is 29.3 Å². The van der Waals surface area contributed by atoms with Gasteiger partial charge in [0, 0.05) is 22.6 Å². The minimum atomic E-state index is -1.25. The number of carboxylic acids is 1. The van der Waals surface area contributed by atoms with Crippen molar-refractivity contribution < 1.29 is 29.0 Å². The molecule has 1 fully saturated rings. The number of esters is 1. The quantitative estimate of drug-likeness (QED) is 0.479.